The van der Waals surface area contributed by atoms with Crippen molar-refractivity contribution < 1.29 is 18.3 Å². The molecule has 1 amide bonds. The number of ether oxygens (including phenoxy) is 1. The number of hydrazone groups is 1. The summed E-state index contributed by atoms with van der Waals surface area (Å²) in [6.07, 6.45) is 2.09. The lowest BCUT2D eigenvalue weighted by atomic mass is 10.0. The first-order chi connectivity index (χ1) is 14.5. The van der Waals surface area contributed by atoms with Crippen molar-refractivity contribution in [3.8, 4) is 5.75 Å². The second kappa shape index (κ2) is 8.59. The number of methoxy groups -OCH3 is 1. The van der Waals surface area contributed by atoms with Gasteiger partial charge < -0.3 is 14.5 Å². The average molecular weight is 428 g/mol. The maximum atomic E-state index is 13.2. The molecule has 1 unspecified atom stereocenters. The van der Waals surface area contributed by atoms with E-state index in [0.717, 1.165) is 17.0 Å². The highest BCUT2D eigenvalue weighted by Gasteiger charge is 2.34. The summed E-state index contributed by atoms with van der Waals surface area (Å²) in [4.78, 5) is 13.0. The maximum Gasteiger partial charge on any atom is 0.262 e. The van der Waals surface area contributed by atoms with E-state index in [2.05, 4.69) is 10.4 Å². The number of carbonyl (C=O) groups excluding carboxylic acids is 1. The summed E-state index contributed by atoms with van der Waals surface area (Å²) in [6, 6.07) is 14.7. The van der Waals surface area contributed by atoms with Crippen LogP contribution in [0.4, 0.5) is 10.1 Å². The van der Waals surface area contributed by atoms with Gasteiger partial charge in [0.2, 0.25) is 0 Å². The monoisotopic (exact) mass is 427 g/mol. The zero-order valence-corrected chi connectivity index (χ0v) is 16.9. The minimum atomic E-state index is -0.442. The number of halogens is 2. The molecule has 0 aliphatic carbocycles. The van der Waals surface area contributed by atoms with Crippen molar-refractivity contribution in [3.63, 3.8) is 0 Å². The van der Waals surface area contributed by atoms with Gasteiger partial charge in [0.25, 0.3) is 5.91 Å². The number of hydrogen-bond acceptors (Lipinski definition) is 5. The molecule has 2 heterocycles. The van der Waals surface area contributed by atoms with Crippen molar-refractivity contribution in [2.24, 2.45) is 5.10 Å². The van der Waals surface area contributed by atoms with Crippen LogP contribution in [0.3, 0.4) is 0 Å². The summed E-state index contributed by atoms with van der Waals surface area (Å²) in [5.74, 6) is 0.687. The normalized spacial score (nSPS) is 15.8. The van der Waals surface area contributed by atoms with E-state index in [9.17, 15) is 9.18 Å². The van der Waals surface area contributed by atoms with Crippen LogP contribution < -0.4 is 10.1 Å². The summed E-state index contributed by atoms with van der Waals surface area (Å²) in [7, 11) is 1.61. The summed E-state index contributed by atoms with van der Waals surface area (Å²) < 4.78 is 24.0. The molecule has 3 aromatic rings. The Bertz CT molecular complexity index is 1070. The standard InChI is InChI=1S/C22H19ClFN3O3/c1-29-16-7-4-14(5-8-16)19-12-20(21-3-2-10-30-21)27(26-19)22(28)13-25-18-9-6-15(24)11-17(18)23/h2-11,20,25H,12-13H2,1H3. The van der Waals surface area contributed by atoms with Crippen molar-refractivity contribution in [2.75, 3.05) is 19.0 Å². The van der Waals surface area contributed by atoms with Gasteiger partial charge in [-0.15, -0.1) is 0 Å². The molecular formula is C22H19ClFN3O3. The number of hydrogen-bond donors (Lipinski definition) is 1. The Hall–Kier alpha value is -3.32. The van der Waals surface area contributed by atoms with E-state index in [-0.39, 0.29) is 23.5 Å². The lowest BCUT2D eigenvalue weighted by Gasteiger charge is -2.20. The number of nitrogens with zero attached hydrogens (tertiary/aromatic N) is 2. The SMILES string of the molecule is COc1ccc(C2=NN(C(=O)CNc3ccc(F)cc3Cl)C(c3ccco3)C2)cc1. The fourth-order valence-electron chi connectivity index (χ4n) is 3.29. The lowest BCUT2D eigenvalue weighted by molar-refractivity contribution is -0.131. The first-order valence-corrected chi connectivity index (χ1v) is 9.69. The van der Waals surface area contributed by atoms with E-state index in [1.54, 1.807) is 19.4 Å². The molecule has 1 aliphatic rings. The van der Waals surface area contributed by atoms with Crippen LogP contribution in [0, 0.1) is 5.82 Å². The number of benzene rings is 2. The molecule has 0 bridgehead atoms. The number of amides is 1. The van der Waals surface area contributed by atoms with Crippen molar-refractivity contribution in [2.45, 2.75) is 12.5 Å². The molecule has 0 spiro atoms. The quantitative estimate of drug-likeness (QED) is 0.609. The molecule has 30 heavy (non-hydrogen) atoms. The third-order valence-corrected chi connectivity index (χ3v) is 5.13. The first-order valence-electron chi connectivity index (χ1n) is 9.31. The second-order valence-corrected chi connectivity index (χ2v) is 7.13. The molecule has 1 N–H and O–H groups in total. The molecule has 2 aromatic carbocycles. The topological polar surface area (TPSA) is 67.1 Å². The molecule has 0 fully saturated rings. The van der Waals surface area contributed by atoms with Crippen molar-refractivity contribution in [1.82, 2.24) is 5.01 Å². The minimum absolute atomic E-state index is 0.0536. The van der Waals surface area contributed by atoms with Crippen molar-refractivity contribution >= 4 is 28.9 Å². The second-order valence-electron chi connectivity index (χ2n) is 6.73. The van der Waals surface area contributed by atoms with E-state index >= 15 is 0 Å². The molecule has 1 atom stereocenters. The van der Waals surface area contributed by atoms with Crippen LogP contribution in [-0.2, 0) is 4.79 Å². The van der Waals surface area contributed by atoms with Gasteiger partial charge in [-0.1, -0.05) is 11.6 Å². The van der Waals surface area contributed by atoms with Crippen molar-refractivity contribution in [3.05, 3.63) is 83.0 Å². The summed E-state index contributed by atoms with van der Waals surface area (Å²) in [5, 5.41) is 9.14. The summed E-state index contributed by atoms with van der Waals surface area (Å²) in [5.41, 5.74) is 2.14. The van der Waals surface area contributed by atoms with E-state index in [1.807, 2.05) is 30.3 Å². The molecular weight excluding hydrogens is 409 g/mol. The van der Waals surface area contributed by atoms with Crippen LogP contribution in [0.2, 0.25) is 5.02 Å². The largest absolute Gasteiger partial charge is 0.497 e. The molecule has 154 valence electrons. The molecule has 1 aromatic heterocycles. The third kappa shape index (κ3) is 4.16. The fourth-order valence-corrected chi connectivity index (χ4v) is 3.52. The molecule has 0 saturated carbocycles. The number of carbonyl (C=O) groups is 1. The van der Waals surface area contributed by atoms with Gasteiger partial charge in [-0.25, -0.2) is 9.40 Å². The third-order valence-electron chi connectivity index (χ3n) is 4.82. The zero-order valence-electron chi connectivity index (χ0n) is 16.1. The van der Waals surface area contributed by atoms with Crippen LogP contribution in [0.15, 0.2) is 70.4 Å². The van der Waals surface area contributed by atoms with Gasteiger partial charge in [0.15, 0.2) is 0 Å². The Morgan fingerprint density at radius 3 is 2.77 bits per heavy atom. The number of anilines is 1. The van der Waals surface area contributed by atoms with E-state index in [0.29, 0.717) is 17.9 Å². The Morgan fingerprint density at radius 1 is 1.30 bits per heavy atom. The van der Waals surface area contributed by atoms with Gasteiger partial charge in [0, 0.05) is 6.42 Å². The van der Waals surface area contributed by atoms with Gasteiger partial charge in [-0.05, 0) is 60.2 Å². The molecule has 8 heteroatoms. The zero-order chi connectivity index (χ0) is 21.1. The molecule has 4 rings (SSSR count). The Kier molecular flexibility index (Phi) is 5.72. The van der Waals surface area contributed by atoms with Crippen LogP contribution in [0.25, 0.3) is 0 Å². The van der Waals surface area contributed by atoms with E-state index in [4.69, 9.17) is 20.8 Å². The van der Waals surface area contributed by atoms with Gasteiger partial charge in [-0.3, -0.25) is 4.79 Å². The van der Waals surface area contributed by atoms with Gasteiger partial charge in [0.05, 0.1) is 36.3 Å². The number of nitrogens with one attached hydrogen (secondary N) is 1. The smallest absolute Gasteiger partial charge is 0.262 e. The Morgan fingerprint density at radius 2 is 2.10 bits per heavy atom. The molecule has 0 saturated heterocycles. The number of furan rings is 1. The number of rotatable bonds is 6. The first kappa shape index (κ1) is 20.0. The van der Waals surface area contributed by atoms with Crippen molar-refractivity contribution in [1.29, 1.82) is 0 Å². The van der Waals surface area contributed by atoms with Gasteiger partial charge in [-0.2, -0.15) is 5.10 Å². The van der Waals surface area contributed by atoms with Crippen LogP contribution in [0.5, 0.6) is 5.75 Å². The van der Waals surface area contributed by atoms with Gasteiger partial charge in [0.1, 0.15) is 23.4 Å². The highest BCUT2D eigenvalue weighted by molar-refractivity contribution is 6.33. The fraction of sp³-hybridized carbons (Fsp3) is 0.182. The maximum absolute atomic E-state index is 13.2. The van der Waals surface area contributed by atoms with E-state index in [1.165, 1.54) is 23.2 Å². The predicted molar refractivity (Wildman–Crippen MR) is 112 cm³/mol. The average Bonchev–Trinajstić information content (AvgIpc) is 3.43. The van der Waals surface area contributed by atoms with Gasteiger partial charge >= 0.3 is 0 Å². The predicted octanol–water partition coefficient (Wildman–Crippen LogP) is 4.87. The molecule has 1 aliphatic heterocycles. The molecule has 0 radical (unpaired) electrons. The van der Waals surface area contributed by atoms with Crippen LogP contribution in [-0.4, -0.2) is 30.3 Å². The highest BCUT2D eigenvalue weighted by atomic mass is 35.5. The highest BCUT2D eigenvalue weighted by Crippen LogP contribution is 2.33. The Balaban J connectivity index is 1.55. The van der Waals surface area contributed by atoms with E-state index < -0.39 is 5.82 Å². The lowest BCUT2D eigenvalue weighted by Crippen LogP contribution is -2.32. The molecule has 6 nitrogen and oxygen atoms in total. The van der Waals surface area contributed by atoms with Crippen LogP contribution >= 0.6 is 11.6 Å². The minimum Gasteiger partial charge on any atom is -0.497 e. The summed E-state index contributed by atoms with van der Waals surface area (Å²) >= 11 is 6.03. The van der Waals surface area contributed by atoms with Crippen LogP contribution in [0.1, 0.15) is 23.8 Å². The summed E-state index contributed by atoms with van der Waals surface area (Å²) in [6.45, 7) is -0.0536. The Labute approximate surface area is 177 Å².